The van der Waals surface area contributed by atoms with Crippen LogP contribution in [0.3, 0.4) is 0 Å². The molecule has 0 aliphatic carbocycles. The van der Waals surface area contributed by atoms with Gasteiger partial charge >= 0.3 is 0 Å². The number of non-ortho nitro benzene ring substituents is 1. The van der Waals surface area contributed by atoms with E-state index in [9.17, 15) is 14.9 Å². The van der Waals surface area contributed by atoms with Crippen LogP contribution in [-0.4, -0.2) is 42.0 Å². The van der Waals surface area contributed by atoms with Gasteiger partial charge in [0.05, 0.1) is 24.7 Å². The van der Waals surface area contributed by atoms with E-state index in [1.165, 1.54) is 17.7 Å². The van der Waals surface area contributed by atoms with E-state index in [0.29, 0.717) is 25.4 Å². The summed E-state index contributed by atoms with van der Waals surface area (Å²) in [5.41, 5.74) is 2.68. The molecule has 8 nitrogen and oxygen atoms in total. The Morgan fingerprint density at radius 2 is 1.83 bits per heavy atom. The SMILES string of the molecule is CCOc1cc2c(cc1OCC)CN(CC(=O)Nc1cccc([N+](=O)[O-])c1)CC2. The molecular weight excluding hydrogens is 374 g/mol. The van der Waals surface area contributed by atoms with E-state index in [-0.39, 0.29) is 18.1 Å². The van der Waals surface area contributed by atoms with Gasteiger partial charge in [0.1, 0.15) is 0 Å². The Bertz CT molecular complexity index is 900. The minimum absolute atomic E-state index is 0.0525. The van der Waals surface area contributed by atoms with E-state index in [4.69, 9.17) is 9.47 Å². The number of anilines is 1. The molecule has 1 aliphatic heterocycles. The second kappa shape index (κ2) is 9.38. The number of rotatable bonds is 8. The monoisotopic (exact) mass is 399 g/mol. The number of ether oxygens (including phenoxy) is 2. The number of amides is 1. The normalized spacial score (nSPS) is 13.4. The lowest BCUT2D eigenvalue weighted by molar-refractivity contribution is -0.384. The predicted molar refractivity (Wildman–Crippen MR) is 109 cm³/mol. The third-order valence-electron chi connectivity index (χ3n) is 4.66. The average molecular weight is 399 g/mol. The summed E-state index contributed by atoms with van der Waals surface area (Å²) in [6, 6.07) is 9.96. The molecule has 0 unspecified atom stereocenters. The number of nitrogens with one attached hydrogen (secondary N) is 1. The van der Waals surface area contributed by atoms with Gasteiger partial charge in [0.2, 0.25) is 5.91 Å². The van der Waals surface area contributed by atoms with Gasteiger partial charge < -0.3 is 14.8 Å². The summed E-state index contributed by atoms with van der Waals surface area (Å²) in [7, 11) is 0. The highest BCUT2D eigenvalue weighted by molar-refractivity contribution is 5.92. The zero-order valence-electron chi connectivity index (χ0n) is 16.6. The van der Waals surface area contributed by atoms with Gasteiger partial charge in [0.25, 0.3) is 5.69 Å². The highest BCUT2D eigenvalue weighted by Gasteiger charge is 2.21. The third-order valence-corrected chi connectivity index (χ3v) is 4.66. The lowest BCUT2D eigenvalue weighted by atomic mass is 9.98. The van der Waals surface area contributed by atoms with Gasteiger partial charge in [0.15, 0.2) is 11.5 Å². The molecule has 1 heterocycles. The maximum absolute atomic E-state index is 12.4. The summed E-state index contributed by atoms with van der Waals surface area (Å²) < 4.78 is 11.4. The second-order valence-corrected chi connectivity index (χ2v) is 6.75. The number of carbonyl (C=O) groups excluding carboxylic acids is 1. The van der Waals surface area contributed by atoms with Crippen LogP contribution >= 0.6 is 0 Å². The summed E-state index contributed by atoms with van der Waals surface area (Å²) in [6.07, 6.45) is 0.811. The summed E-state index contributed by atoms with van der Waals surface area (Å²) in [5.74, 6) is 1.27. The molecular formula is C21H25N3O5. The topological polar surface area (TPSA) is 93.9 Å². The standard InChI is InChI=1S/C21H25N3O5/c1-3-28-19-10-15-8-9-23(13-16(15)11-20(19)29-4-2)14-21(25)22-17-6-5-7-18(12-17)24(26)27/h5-7,10-12H,3-4,8-9,13-14H2,1-2H3,(H,22,25). The molecule has 29 heavy (non-hydrogen) atoms. The van der Waals surface area contributed by atoms with Gasteiger partial charge in [-0.3, -0.25) is 19.8 Å². The minimum Gasteiger partial charge on any atom is -0.490 e. The fraction of sp³-hybridized carbons (Fsp3) is 0.381. The molecule has 0 saturated heterocycles. The Morgan fingerprint density at radius 1 is 1.14 bits per heavy atom. The van der Waals surface area contributed by atoms with Crippen LogP contribution in [0.15, 0.2) is 36.4 Å². The number of hydrogen-bond donors (Lipinski definition) is 1. The summed E-state index contributed by atoms with van der Waals surface area (Å²) >= 11 is 0. The number of nitrogens with zero attached hydrogens (tertiary/aromatic N) is 2. The largest absolute Gasteiger partial charge is 0.490 e. The lowest BCUT2D eigenvalue weighted by Crippen LogP contribution is -2.37. The quantitative estimate of drug-likeness (QED) is 0.540. The zero-order valence-corrected chi connectivity index (χ0v) is 16.6. The van der Waals surface area contributed by atoms with Gasteiger partial charge in [-0.15, -0.1) is 0 Å². The van der Waals surface area contributed by atoms with Crippen LogP contribution in [0.25, 0.3) is 0 Å². The van der Waals surface area contributed by atoms with Crippen LogP contribution in [0.1, 0.15) is 25.0 Å². The van der Waals surface area contributed by atoms with E-state index in [1.54, 1.807) is 12.1 Å². The molecule has 8 heteroatoms. The Hall–Kier alpha value is -3.13. The zero-order chi connectivity index (χ0) is 20.8. The minimum atomic E-state index is -0.482. The van der Waals surface area contributed by atoms with E-state index in [0.717, 1.165) is 30.0 Å². The molecule has 154 valence electrons. The van der Waals surface area contributed by atoms with Gasteiger partial charge in [0, 0.05) is 30.9 Å². The highest BCUT2D eigenvalue weighted by atomic mass is 16.6. The fourth-order valence-corrected chi connectivity index (χ4v) is 3.39. The Morgan fingerprint density at radius 3 is 2.48 bits per heavy atom. The summed E-state index contributed by atoms with van der Waals surface area (Å²) in [5, 5.41) is 13.6. The molecule has 2 aromatic rings. The second-order valence-electron chi connectivity index (χ2n) is 6.75. The Labute approximate surface area is 169 Å². The molecule has 0 radical (unpaired) electrons. The molecule has 0 saturated carbocycles. The van der Waals surface area contributed by atoms with Crippen molar-refractivity contribution in [2.24, 2.45) is 0 Å². The molecule has 0 bridgehead atoms. The Kier molecular flexibility index (Phi) is 6.66. The molecule has 1 aliphatic rings. The van der Waals surface area contributed by atoms with Crippen LogP contribution in [0.5, 0.6) is 11.5 Å². The van der Waals surface area contributed by atoms with Crippen molar-refractivity contribution in [3.8, 4) is 11.5 Å². The van der Waals surface area contributed by atoms with Crippen LogP contribution in [0, 0.1) is 10.1 Å². The van der Waals surface area contributed by atoms with Gasteiger partial charge in [-0.25, -0.2) is 0 Å². The van der Waals surface area contributed by atoms with E-state index in [2.05, 4.69) is 5.32 Å². The third kappa shape index (κ3) is 5.23. The molecule has 0 aromatic heterocycles. The van der Waals surface area contributed by atoms with Crippen LogP contribution in [-0.2, 0) is 17.8 Å². The number of benzene rings is 2. The van der Waals surface area contributed by atoms with Crippen LogP contribution in [0.4, 0.5) is 11.4 Å². The first-order valence-electron chi connectivity index (χ1n) is 9.68. The first-order chi connectivity index (χ1) is 14.0. The van der Waals surface area contributed by atoms with Crippen molar-refractivity contribution >= 4 is 17.3 Å². The van der Waals surface area contributed by atoms with Crippen LogP contribution in [0.2, 0.25) is 0 Å². The Balaban J connectivity index is 1.66. The van der Waals surface area contributed by atoms with E-state index in [1.807, 2.05) is 30.9 Å². The molecule has 0 spiro atoms. The van der Waals surface area contributed by atoms with Crippen molar-refractivity contribution in [2.45, 2.75) is 26.8 Å². The molecule has 3 rings (SSSR count). The molecule has 0 fully saturated rings. The molecule has 2 aromatic carbocycles. The van der Waals surface area contributed by atoms with Gasteiger partial charge in [-0.2, -0.15) is 0 Å². The average Bonchev–Trinajstić information content (AvgIpc) is 2.69. The summed E-state index contributed by atoms with van der Waals surface area (Å²) in [4.78, 5) is 24.9. The number of nitro benzene ring substituents is 1. The maximum atomic E-state index is 12.4. The van der Waals surface area contributed by atoms with Gasteiger partial charge in [-0.05, 0) is 49.6 Å². The fourth-order valence-electron chi connectivity index (χ4n) is 3.39. The number of fused-ring (bicyclic) bond motifs is 1. The van der Waals surface area contributed by atoms with Crippen molar-refractivity contribution in [1.82, 2.24) is 4.90 Å². The molecule has 0 atom stereocenters. The van der Waals surface area contributed by atoms with Crippen molar-refractivity contribution in [2.75, 3.05) is 31.6 Å². The maximum Gasteiger partial charge on any atom is 0.271 e. The van der Waals surface area contributed by atoms with Crippen molar-refractivity contribution in [3.63, 3.8) is 0 Å². The number of nitro groups is 1. The number of carbonyl (C=O) groups is 1. The smallest absolute Gasteiger partial charge is 0.271 e. The number of hydrogen-bond acceptors (Lipinski definition) is 6. The van der Waals surface area contributed by atoms with Gasteiger partial charge in [-0.1, -0.05) is 6.07 Å². The van der Waals surface area contributed by atoms with Crippen molar-refractivity contribution in [1.29, 1.82) is 0 Å². The van der Waals surface area contributed by atoms with Crippen LogP contribution < -0.4 is 14.8 Å². The predicted octanol–water partition coefficient (Wildman–Crippen LogP) is 3.39. The highest BCUT2D eigenvalue weighted by Crippen LogP contribution is 2.33. The first kappa shape index (κ1) is 20.6. The first-order valence-corrected chi connectivity index (χ1v) is 9.68. The molecule has 1 amide bonds. The van der Waals surface area contributed by atoms with E-state index >= 15 is 0 Å². The molecule has 1 N–H and O–H groups in total. The van der Waals surface area contributed by atoms with Crippen molar-refractivity contribution in [3.05, 3.63) is 57.6 Å². The lowest BCUT2D eigenvalue weighted by Gasteiger charge is -2.29. The van der Waals surface area contributed by atoms with Crippen molar-refractivity contribution < 1.29 is 19.2 Å². The summed E-state index contributed by atoms with van der Waals surface area (Å²) in [6.45, 7) is 6.58. The van der Waals surface area contributed by atoms with E-state index < -0.39 is 4.92 Å².